The number of nitrogens with one attached hydrogen (secondary N) is 3. The quantitative estimate of drug-likeness (QED) is 0.286. The van der Waals surface area contributed by atoms with E-state index < -0.39 is 26.7 Å². The Balaban J connectivity index is 1.32. The van der Waals surface area contributed by atoms with Crippen LogP contribution in [0.1, 0.15) is 12.8 Å². The Bertz CT molecular complexity index is 1630. The van der Waals surface area contributed by atoms with Gasteiger partial charge in [-0.1, -0.05) is 11.3 Å². The number of fused-ring (bicyclic) bond motifs is 1. The van der Waals surface area contributed by atoms with Crippen molar-refractivity contribution in [1.82, 2.24) is 14.3 Å². The Morgan fingerprint density at radius 2 is 1.92 bits per heavy atom. The standard InChI is InChI=1S/C23H20FN5O5S2/c24-18-6-8-21(35-18)36(33,34)28-23(32)27-16-4-7-19(26-12-16)29-20(30)10-14-9-15(25-11-13-1-2-13)3-5-17(14)22(29)31/h3-10,12-13,25,31H,1-2,11H2,(H2,27,28,32). The van der Waals surface area contributed by atoms with Crippen LogP contribution in [0.4, 0.5) is 20.6 Å². The number of urea groups is 1. The summed E-state index contributed by atoms with van der Waals surface area (Å²) in [5.74, 6) is 0.501. The summed E-state index contributed by atoms with van der Waals surface area (Å²) < 4.78 is 39.9. The molecule has 0 spiro atoms. The summed E-state index contributed by atoms with van der Waals surface area (Å²) in [6.45, 7) is 0.870. The molecule has 1 aromatic carbocycles. The van der Waals surface area contributed by atoms with E-state index in [0.717, 1.165) is 28.9 Å². The van der Waals surface area contributed by atoms with E-state index in [4.69, 9.17) is 0 Å². The number of nitrogens with zero attached hydrogens (tertiary/aromatic N) is 2. The fraction of sp³-hybridized carbons (Fsp3) is 0.174. The predicted octanol–water partition coefficient (Wildman–Crippen LogP) is 3.62. The minimum Gasteiger partial charge on any atom is -0.494 e. The van der Waals surface area contributed by atoms with Crippen molar-refractivity contribution >= 4 is 49.5 Å². The highest BCUT2D eigenvalue weighted by molar-refractivity contribution is 7.92. The van der Waals surface area contributed by atoms with Crippen LogP contribution in [0.25, 0.3) is 16.6 Å². The summed E-state index contributed by atoms with van der Waals surface area (Å²) in [5, 5.41) is 16.8. The lowest BCUT2D eigenvalue weighted by Gasteiger charge is -2.12. The maximum absolute atomic E-state index is 13.1. The molecule has 1 aliphatic carbocycles. The molecule has 0 unspecified atom stereocenters. The van der Waals surface area contributed by atoms with Gasteiger partial charge in [-0.05, 0) is 66.6 Å². The summed E-state index contributed by atoms with van der Waals surface area (Å²) in [6, 6.07) is 10.5. The van der Waals surface area contributed by atoms with Gasteiger partial charge in [-0.25, -0.2) is 27.5 Å². The maximum atomic E-state index is 13.1. The van der Waals surface area contributed by atoms with Crippen LogP contribution in [0, 0.1) is 11.0 Å². The van der Waals surface area contributed by atoms with E-state index >= 15 is 0 Å². The SMILES string of the molecule is O=C(Nc1ccc(-n2c(O)c3ccc(NCC4CC4)cc3cc2=O)nc1)NS(=O)(=O)c1ccc(F)s1. The summed E-state index contributed by atoms with van der Waals surface area (Å²) in [4.78, 5) is 29.0. The molecule has 10 nitrogen and oxygen atoms in total. The number of halogens is 1. The van der Waals surface area contributed by atoms with Gasteiger partial charge in [0, 0.05) is 23.7 Å². The average Bonchev–Trinajstić information content (AvgIpc) is 3.55. The van der Waals surface area contributed by atoms with Gasteiger partial charge in [-0.2, -0.15) is 4.39 Å². The molecule has 3 aromatic heterocycles. The van der Waals surface area contributed by atoms with Crippen LogP contribution >= 0.6 is 11.3 Å². The molecule has 3 heterocycles. The van der Waals surface area contributed by atoms with E-state index in [9.17, 15) is 27.5 Å². The molecule has 1 saturated carbocycles. The molecule has 0 atom stereocenters. The number of hydrogen-bond acceptors (Lipinski definition) is 8. The van der Waals surface area contributed by atoms with Crippen molar-refractivity contribution in [3.8, 4) is 11.7 Å². The van der Waals surface area contributed by atoms with Gasteiger partial charge in [0.1, 0.15) is 10.0 Å². The Morgan fingerprint density at radius 1 is 1.14 bits per heavy atom. The number of pyridine rings is 2. The van der Waals surface area contributed by atoms with Crippen LogP contribution in [0.2, 0.25) is 0 Å². The number of hydrogen-bond donors (Lipinski definition) is 4. The highest BCUT2D eigenvalue weighted by Crippen LogP contribution is 2.31. The van der Waals surface area contributed by atoms with E-state index in [1.54, 1.807) is 16.9 Å². The van der Waals surface area contributed by atoms with Crippen molar-refractivity contribution in [3.05, 3.63) is 70.2 Å². The Hall–Kier alpha value is -3.97. The normalized spacial score (nSPS) is 13.5. The lowest BCUT2D eigenvalue weighted by atomic mass is 10.1. The summed E-state index contributed by atoms with van der Waals surface area (Å²) in [6.07, 6.45) is 3.63. The van der Waals surface area contributed by atoms with Crippen molar-refractivity contribution < 1.29 is 22.7 Å². The molecule has 5 rings (SSSR count). The molecule has 1 aliphatic rings. The molecule has 4 aromatic rings. The van der Waals surface area contributed by atoms with Crippen LogP contribution < -0.4 is 20.9 Å². The van der Waals surface area contributed by atoms with Gasteiger partial charge >= 0.3 is 6.03 Å². The zero-order chi connectivity index (χ0) is 25.4. The van der Waals surface area contributed by atoms with Gasteiger partial charge < -0.3 is 15.7 Å². The van der Waals surface area contributed by atoms with Crippen molar-refractivity contribution in [2.45, 2.75) is 17.1 Å². The number of thiophene rings is 1. The second-order valence-electron chi connectivity index (χ2n) is 8.29. The molecule has 4 N–H and O–H groups in total. The molecular weight excluding hydrogens is 509 g/mol. The highest BCUT2D eigenvalue weighted by Gasteiger charge is 2.21. The number of aromatic hydroxyl groups is 1. The second-order valence-corrected chi connectivity index (χ2v) is 11.2. The third-order valence-corrected chi connectivity index (χ3v) is 8.27. The van der Waals surface area contributed by atoms with E-state index in [1.807, 2.05) is 6.07 Å². The molecule has 36 heavy (non-hydrogen) atoms. The van der Waals surface area contributed by atoms with Gasteiger partial charge in [-0.15, -0.1) is 0 Å². The Morgan fingerprint density at radius 3 is 2.58 bits per heavy atom. The monoisotopic (exact) mass is 529 g/mol. The van der Waals surface area contributed by atoms with Crippen LogP contribution in [-0.4, -0.2) is 35.7 Å². The molecule has 0 radical (unpaired) electrons. The van der Waals surface area contributed by atoms with Gasteiger partial charge in [-0.3, -0.25) is 4.79 Å². The fourth-order valence-corrected chi connectivity index (χ4v) is 5.50. The van der Waals surface area contributed by atoms with Crippen molar-refractivity contribution in [2.75, 3.05) is 17.2 Å². The van der Waals surface area contributed by atoms with E-state index in [0.29, 0.717) is 28.0 Å². The lowest BCUT2D eigenvalue weighted by molar-refractivity contribution is 0.256. The van der Waals surface area contributed by atoms with Crippen LogP contribution in [0.15, 0.2) is 63.7 Å². The van der Waals surface area contributed by atoms with Crippen molar-refractivity contribution in [1.29, 1.82) is 0 Å². The molecule has 0 aliphatic heterocycles. The number of rotatable bonds is 7. The van der Waals surface area contributed by atoms with E-state index in [2.05, 4.69) is 15.6 Å². The number of sulfonamides is 1. The first-order valence-electron chi connectivity index (χ1n) is 10.9. The number of aromatic nitrogens is 2. The third kappa shape index (κ3) is 5.02. The van der Waals surface area contributed by atoms with Crippen LogP contribution in [0.5, 0.6) is 5.88 Å². The first-order valence-corrected chi connectivity index (χ1v) is 13.2. The minimum absolute atomic E-state index is 0.1000. The van der Waals surface area contributed by atoms with Crippen LogP contribution in [-0.2, 0) is 10.0 Å². The fourth-order valence-electron chi connectivity index (χ4n) is 3.59. The van der Waals surface area contributed by atoms with E-state index in [-0.39, 0.29) is 21.6 Å². The largest absolute Gasteiger partial charge is 0.494 e. The smallest absolute Gasteiger partial charge is 0.333 e. The Labute approximate surface area is 208 Å². The molecule has 186 valence electrons. The summed E-state index contributed by atoms with van der Waals surface area (Å²) in [5.41, 5.74) is 0.493. The molecule has 2 amide bonds. The summed E-state index contributed by atoms with van der Waals surface area (Å²) >= 11 is 0.383. The van der Waals surface area contributed by atoms with Gasteiger partial charge in [0.25, 0.3) is 15.6 Å². The lowest BCUT2D eigenvalue weighted by Crippen LogP contribution is -2.34. The molecule has 0 bridgehead atoms. The topological polar surface area (TPSA) is 142 Å². The van der Waals surface area contributed by atoms with E-state index in [1.165, 1.54) is 37.2 Å². The summed E-state index contributed by atoms with van der Waals surface area (Å²) in [7, 11) is -4.24. The highest BCUT2D eigenvalue weighted by atomic mass is 32.2. The predicted molar refractivity (Wildman–Crippen MR) is 134 cm³/mol. The van der Waals surface area contributed by atoms with Gasteiger partial charge in [0.2, 0.25) is 5.88 Å². The first kappa shape index (κ1) is 23.8. The second kappa shape index (κ2) is 9.24. The minimum atomic E-state index is -4.24. The van der Waals surface area contributed by atoms with Gasteiger partial charge in [0.15, 0.2) is 5.13 Å². The van der Waals surface area contributed by atoms with Gasteiger partial charge in [0.05, 0.1) is 11.9 Å². The number of anilines is 2. The number of benzene rings is 1. The zero-order valence-corrected chi connectivity index (χ0v) is 20.2. The Kier molecular flexibility index (Phi) is 6.10. The molecule has 0 saturated heterocycles. The zero-order valence-electron chi connectivity index (χ0n) is 18.6. The number of carbonyl (C=O) groups excluding carboxylic acids is 1. The number of amides is 2. The van der Waals surface area contributed by atoms with Crippen molar-refractivity contribution in [3.63, 3.8) is 0 Å². The average molecular weight is 530 g/mol. The third-order valence-electron chi connectivity index (χ3n) is 5.57. The number of carbonyl (C=O) groups is 1. The molecule has 13 heteroatoms. The molecule has 1 fully saturated rings. The van der Waals surface area contributed by atoms with Crippen LogP contribution in [0.3, 0.4) is 0 Å². The maximum Gasteiger partial charge on any atom is 0.333 e. The molecular formula is C23H20FN5O5S2. The first-order chi connectivity index (χ1) is 17.2. The van der Waals surface area contributed by atoms with Crippen molar-refractivity contribution in [2.24, 2.45) is 5.92 Å².